The molecular formula is C23H17ClN6O4. The lowest BCUT2D eigenvalue weighted by Crippen LogP contribution is -2.28. The third-order valence-electron chi connectivity index (χ3n) is 5.02. The quantitative estimate of drug-likeness (QED) is 0.398. The van der Waals surface area contributed by atoms with Crippen molar-refractivity contribution < 1.29 is 14.1 Å². The fraction of sp³-hybridized carbons (Fsp3) is 0.0870. The number of pyridine rings is 1. The average Bonchev–Trinajstić information content (AvgIpc) is 3.45. The molecule has 5 aromatic rings. The number of hydrogen-bond acceptors (Lipinski definition) is 7. The van der Waals surface area contributed by atoms with Crippen LogP contribution in [0.5, 0.6) is 5.75 Å². The first kappa shape index (κ1) is 21.4. The third kappa shape index (κ3) is 4.14. The molecule has 1 amide bonds. The number of nitrogens with one attached hydrogen (secondary N) is 1. The van der Waals surface area contributed by atoms with Crippen molar-refractivity contribution in [3.8, 4) is 28.6 Å². The number of ether oxygens (including phenoxy) is 1. The minimum atomic E-state index is -0.477. The minimum absolute atomic E-state index is 0.188. The number of amides is 1. The van der Waals surface area contributed by atoms with Gasteiger partial charge in [-0.3, -0.25) is 4.79 Å². The summed E-state index contributed by atoms with van der Waals surface area (Å²) in [5.74, 6) is 0.745. The van der Waals surface area contributed by atoms with Gasteiger partial charge < -0.3 is 14.6 Å². The van der Waals surface area contributed by atoms with Crippen molar-refractivity contribution >= 4 is 28.8 Å². The predicted octanol–water partition coefficient (Wildman–Crippen LogP) is 3.51. The number of anilines is 1. The maximum Gasteiger partial charge on any atom is 0.350 e. The summed E-state index contributed by atoms with van der Waals surface area (Å²) in [6.07, 6.45) is 1.56. The average molecular weight is 477 g/mol. The summed E-state index contributed by atoms with van der Waals surface area (Å²) in [6, 6.07) is 17.3. The molecule has 0 aliphatic rings. The maximum atomic E-state index is 12.8. The molecular weight excluding hydrogens is 460 g/mol. The van der Waals surface area contributed by atoms with Crippen LogP contribution < -0.4 is 15.7 Å². The topological polar surface area (TPSA) is 117 Å². The fourth-order valence-corrected chi connectivity index (χ4v) is 3.52. The van der Waals surface area contributed by atoms with E-state index in [0.717, 1.165) is 10.2 Å². The highest BCUT2D eigenvalue weighted by molar-refractivity contribution is 6.30. The van der Waals surface area contributed by atoms with E-state index in [0.29, 0.717) is 27.8 Å². The van der Waals surface area contributed by atoms with Crippen LogP contribution in [0.3, 0.4) is 0 Å². The Morgan fingerprint density at radius 2 is 1.97 bits per heavy atom. The molecule has 0 saturated carbocycles. The van der Waals surface area contributed by atoms with E-state index >= 15 is 0 Å². The van der Waals surface area contributed by atoms with Gasteiger partial charge in [0.05, 0.1) is 12.7 Å². The van der Waals surface area contributed by atoms with Crippen LogP contribution in [-0.2, 0) is 11.3 Å². The summed E-state index contributed by atoms with van der Waals surface area (Å²) in [7, 11) is 1.54. The number of hydrogen-bond donors (Lipinski definition) is 1. The summed E-state index contributed by atoms with van der Waals surface area (Å²) in [6.45, 7) is -0.281. The zero-order valence-corrected chi connectivity index (χ0v) is 18.6. The molecule has 34 heavy (non-hydrogen) atoms. The van der Waals surface area contributed by atoms with Gasteiger partial charge in [0.1, 0.15) is 12.3 Å². The van der Waals surface area contributed by atoms with Crippen LogP contribution in [0.2, 0.25) is 5.02 Å². The second kappa shape index (κ2) is 8.83. The highest BCUT2D eigenvalue weighted by atomic mass is 35.5. The molecule has 0 aliphatic heterocycles. The van der Waals surface area contributed by atoms with Crippen LogP contribution in [0.15, 0.2) is 76.2 Å². The Bertz CT molecular complexity index is 1550. The van der Waals surface area contributed by atoms with Crippen LogP contribution >= 0.6 is 11.6 Å². The molecule has 2 aromatic carbocycles. The van der Waals surface area contributed by atoms with Crippen molar-refractivity contribution in [1.82, 2.24) is 24.3 Å². The molecule has 3 aromatic heterocycles. The van der Waals surface area contributed by atoms with E-state index in [2.05, 4.69) is 20.6 Å². The number of nitrogens with zero attached hydrogens (tertiary/aromatic N) is 5. The first-order chi connectivity index (χ1) is 16.5. The minimum Gasteiger partial charge on any atom is -0.497 e. The smallest absolute Gasteiger partial charge is 0.350 e. The van der Waals surface area contributed by atoms with E-state index < -0.39 is 11.6 Å². The van der Waals surface area contributed by atoms with Gasteiger partial charge in [0.15, 0.2) is 5.65 Å². The third-order valence-corrected chi connectivity index (χ3v) is 5.27. The molecule has 3 heterocycles. The van der Waals surface area contributed by atoms with E-state index in [1.807, 2.05) is 0 Å². The van der Waals surface area contributed by atoms with Crippen LogP contribution in [0.1, 0.15) is 0 Å². The van der Waals surface area contributed by atoms with Gasteiger partial charge in [-0.2, -0.15) is 4.98 Å². The van der Waals surface area contributed by atoms with Gasteiger partial charge in [0, 0.05) is 28.5 Å². The van der Waals surface area contributed by atoms with Gasteiger partial charge in [-0.1, -0.05) is 22.8 Å². The zero-order chi connectivity index (χ0) is 23.7. The first-order valence-corrected chi connectivity index (χ1v) is 10.5. The van der Waals surface area contributed by atoms with Crippen molar-refractivity contribution in [2.45, 2.75) is 6.54 Å². The lowest BCUT2D eigenvalue weighted by Gasteiger charge is -2.06. The number of aromatic nitrogens is 5. The number of rotatable bonds is 6. The Morgan fingerprint density at radius 3 is 2.76 bits per heavy atom. The number of methoxy groups -OCH3 is 1. The van der Waals surface area contributed by atoms with Crippen molar-refractivity contribution in [3.05, 3.63) is 82.4 Å². The molecule has 0 unspecified atom stereocenters. The molecule has 0 fully saturated rings. The van der Waals surface area contributed by atoms with Crippen LogP contribution in [0, 0.1) is 0 Å². The Hall–Kier alpha value is -4.44. The second-order valence-electron chi connectivity index (χ2n) is 7.27. The molecule has 11 heteroatoms. The number of fused-ring (bicyclic) bond motifs is 1. The van der Waals surface area contributed by atoms with Crippen LogP contribution in [0.4, 0.5) is 5.69 Å². The largest absolute Gasteiger partial charge is 0.497 e. The predicted molar refractivity (Wildman–Crippen MR) is 125 cm³/mol. The summed E-state index contributed by atoms with van der Waals surface area (Å²) >= 11 is 5.94. The van der Waals surface area contributed by atoms with E-state index in [9.17, 15) is 9.59 Å². The Kier molecular flexibility index (Phi) is 5.56. The highest BCUT2D eigenvalue weighted by Crippen LogP contribution is 2.25. The molecule has 0 atom stereocenters. The van der Waals surface area contributed by atoms with Gasteiger partial charge in [-0.05, 0) is 48.5 Å². The molecule has 170 valence electrons. The number of halogens is 1. The van der Waals surface area contributed by atoms with E-state index in [4.69, 9.17) is 20.9 Å². The second-order valence-corrected chi connectivity index (χ2v) is 7.70. The number of carbonyl (C=O) groups is 1. The normalized spacial score (nSPS) is 11.0. The number of benzene rings is 2. The lowest BCUT2D eigenvalue weighted by atomic mass is 10.2. The van der Waals surface area contributed by atoms with Crippen molar-refractivity contribution in [2.24, 2.45) is 0 Å². The molecule has 1 N–H and O–H groups in total. The van der Waals surface area contributed by atoms with Crippen molar-refractivity contribution in [2.75, 3.05) is 12.4 Å². The van der Waals surface area contributed by atoms with Gasteiger partial charge >= 0.3 is 5.69 Å². The van der Waals surface area contributed by atoms with Gasteiger partial charge in [-0.15, -0.1) is 5.10 Å². The van der Waals surface area contributed by atoms with Crippen molar-refractivity contribution in [3.63, 3.8) is 0 Å². The monoisotopic (exact) mass is 476 g/mol. The molecule has 0 spiro atoms. The summed E-state index contributed by atoms with van der Waals surface area (Å²) in [5.41, 5.74) is 1.54. The molecule has 0 aliphatic carbocycles. The van der Waals surface area contributed by atoms with Gasteiger partial charge in [-0.25, -0.2) is 13.9 Å². The Labute approximate surface area is 197 Å². The van der Waals surface area contributed by atoms with E-state index in [1.165, 1.54) is 11.5 Å². The lowest BCUT2D eigenvalue weighted by molar-refractivity contribution is -0.117. The molecule has 0 bridgehead atoms. The SMILES string of the molecule is COc1cccc(NC(=O)Cn2nc3c(-c4nc(-c5ccc(Cl)cc5)no4)cccn3c2=O)c1. The highest BCUT2D eigenvalue weighted by Gasteiger charge is 2.18. The molecule has 5 rings (SSSR count). The molecule has 10 nitrogen and oxygen atoms in total. The summed E-state index contributed by atoms with van der Waals surface area (Å²) in [5, 5.41) is 11.7. The van der Waals surface area contributed by atoms with Crippen LogP contribution in [-0.4, -0.2) is 37.3 Å². The molecule has 0 radical (unpaired) electrons. The summed E-state index contributed by atoms with van der Waals surface area (Å²) in [4.78, 5) is 29.8. The van der Waals surface area contributed by atoms with E-state index in [1.54, 1.807) is 66.9 Å². The van der Waals surface area contributed by atoms with Crippen LogP contribution in [0.25, 0.3) is 28.5 Å². The van der Waals surface area contributed by atoms with E-state index in [-0.39, 0.29) is 18.1 Å². The summed E-state index contributed by atoms with van der Waals surface area (Å²) < 4.78 is 13.0. The number of carbonyl (C=O) groups excluding carboxylic acids is 1. The Morgan fingerprint density at radius 1 is 1.15 bits per heavy atom. The molecule has 0 saturated heterocycles. The standard InChI is InChI=1S/C23H17ClN6O4/c1-33-17-5-2-4-16(12-17)25-19(31)13-30-23(32)29-11-3-6-18(21(29)27-30)22-26-20(28-34-22)14-7-9-15(24)10-8-14/h2-12H,13H2,1H3,(H,25,31). The fourth-order valence-electron chi connectivity index (χ4n) is 3.39. The zero-order valence-electron chi connectivity index (χ0n) is 17.8. The van der Waals surface area contributed by atoms with Crippen molar-refractivity contribution in [1.29, 1.82) is 0 Å². The maximum absolute atomic E-state index is 12.8. The Balaban J connectivity index is 1.43. The van der Waals surface area contributed by atoms with Gasteiger partial charge in [0.25, 0.3) is 5.89 Å². The first-order valence-electron chi connectivity index (χ1n) is 10.1. The van der Waals surface area contributed by atoms with Gasteiger partial charge in [0.2, 0.25) is 11.7 Å².